The lowest BCUT2D eigenvalue weighted by atomic mass is 9.93. The smallest absolute Gasteiger partial charge is 0.448 e. The number of rotatable bonds is 4. The summed E-state index contributed by atoms with van der Waals surface area (Å²) in [6.45, 7) is -5.17. The third-order valence-electron chi connectivity index (χ3n) is 1.63. The molecule has 0 saturated heterocycles. The van der Waals surface area contributed by atoms with Crippen LogP contribution in [-0.2, 0) is 10.0 Å². The van der Waals surface area contributed by atoms with E-state index in [-0.39, 0.29) is 4.90 Å². The summed E-state index contributed by atoms with van der Waals surface area (Å²) >= 11 is 3.09. The third-order valence-corrected chi connectivity index (χ3v) is 3.60. The van der Waals surface area contributed by atoms with Gasteiger partial charge in [0.1, 0.15) is 0 Å². The average molecular weight is 317 g/mol. The van der Waals surface area contributed by atoms with Crippen molar-refractivity contribution in [2.75, 3.05) is 6.44 Å². The zero-order valence-corrected chi connectivity index (χ0v) is 10.2. The first kappa shape index (κ1) is 13.5. The van der Waals surface area contributed by atoms with Gasteiger partial charge in [-0.05, 0) is 30.7 Å². The van der Waals surface area contributed by atoms with Gasteiger partial charge < -0.3 is 12.9 Å². The first-order valence-electron chi connectivity index (χ1n) is 4.17. The molecule has 0 aliphatic carbocycles. The zero-order chi connectivity index (χ0) is 12.4. The lowest BCUT2D eigenvalue weighted by Gasteiger charge is -2.14. The molecule has 0 aliphatic heterocycles. The summed E-state index contributed by atoms with van der Waals surface area (Å²) in [5.74, 6) is 0. The van der Waals surface area contributed by atoms with Gasteiger partial charge in [0, 0.05) is 4.47 Å². The van der Waals surface area contributed by atoms with E-state index in [0.29, 0.717) is 4.47 Å². The SMILES string of the molecule is O=S(=O)(NC[B-](F)(F)F)c1ccc(Br)cc1. The molecule has 3 nitrogen and oxygen atoms in total. The Labute approximate surface area is 99.3 Å². The molecule has 0 amide bonds. The third kappa shape index (κ3) is 4.15. The Balaban J connectivity index is 2.83. The molecular weight excluding hydrogens is 310 g/mol. The molecule has 0 fully saturated rings. The topological polar surface area (TPSA) is 46.2 Å². The number of benzene rings is 1. The predicted octanol–water partition coefficient (Wildman–Crippen LogP) is 2.11. The average Bonchev–Trinajstić information content (AvgIpc) is 2.15. The van der Waals surface area contributed by atoms with Crippen LogP contribution >= 0.6 is 15.9 Å². The van der Waals surface area contributed by atoms with Crippen molar-refractivity contribution in [3.05, 3.63) is 28.7 Å². The molecule has 0 bridgehead atoms. The van der Waals surface area contributed by atoms with Crippen LogP contribution in [0.3, 0.4) is 0 Å². The van der Waals surface area contributed by atoms with Crippen LogP contribution in [0.25, 0.3) is 0 Å². The lowest BCUT2D eigenvalue weighted by molar-refractivity contribution is 0.465. The van der Waals surface area contributed by atoms with Crippen LogP contribution in [0.1, 0.15) is 0 Å². The van der Waals surface area contributed by atoms with Crippen LogP contribution in [0.4, 0.5) is 12.9 Å². The maximum absolute atomic E-state index is 11.9. The van der Waals surface area contributed by atoms with Gasteiger partial charge in [-0.15, -0.1) is 0 Å². The van der Waals surface area contributed by atoms with E-state index < -0.39 is 23.4 Å². The Morgan fingerprint density at radius 3 is 2.12 bits per heavy atom. The maximum Gasteiger partial charge on any atom is 0.492 e. The maximum atomic E-state index is 11.9. The van der Waals surface area contributed by atoms with E-state index >= 15 is 0 Å². The Morgan fingerprint density at radius 2 is 1.69 bits per heavy atom. The Morgan fingerprint density at radius 1 is 1.19 bits per heavy atom. The van der Waals surface area contributed by atoms with E-state index in [2.05, 4.69) is 15.9 Å². The highest BCUT2D eigenvalue weighted by Gasteiger charge is 2.26. The number of sulfonamides is 1. The summed E-state index contributed by atoms with van der Waals surface area (Å²) in [5.41, 5.74) is 0. The summed E-state index contributed by atoms with van der Waals surface area (Å²) < 4.78 is 60.6. The molecule has 0 radical (unpaired) electrons. The van der Waals surface area contributed by atoms with Crippen LogP contribution in [0.2, 0.25) is 0 Å². The van der Waals surface area contributed by atoms with E-state index in [0.717, 1.165) is 0 Å². The second-order valence-corrected chi connectivity index (χ2v) is 5.70. The molecule has 0 aliphatic rings. The van der Waals surface area contributed by atoms with Crippen molar-refractivity contribution in [1.29, 1.82) is 0 Å². The largest absolute Gasteiger partial charge is 0.492 e. The highest BCUT2D eigenvalue weighted by atomic mass is 79.9. The fourth-order valence-electron chi connectivity index (χ4n) is 0.901. The molecule has 1 aromatic rings. The van der Waals surface area contributed by atoms with Gasteiger partial charge in [-0.3, -0.25) is 0 Å². The van der Waals surface area contributed by atoms with Crippen molar-refractivity contribution in [1.82, 2.24) is 4.72 Å². The van der Waals surface area contributed by atoms with Crippen LogP contribution < -0.4 is 4.72 Å². The molecular formula is C7H7BBrF3NO2S-. The number of nitrogens with one attached hydrogen (secondary N) is 1. The monoisotopic (exact) mass is 316 g/mol. The van der Waals surface area contributed by atoms with Crippen molar-refractivity contribution in [3.63, 3.8) is 0 Å². The Kier molecular flexibility index (Phi) is 4.03. The molecule has 0 aromatic heterocycles. The number of hydrogen-bond acceptors (Lipinski definition) is 2. The first-order valence-corrected chi connectivity index (χ1v) is 6.44. The minimum atomic E-state index is -5.17. The van der Waals surface area contributed by atoms with E-state index in [1.54, 1.807) is 0 Å². The summed E-state index contributed by atoms with van der Waals surface area (Å²) in [7, 11) is -4.09. The number of hydrogen-bond donors (Lipinski definition) is 1. The second-order valence-electron chi connectivity index (χ2n) is 3.02. The lowest BCUT2D eigenvalue weighted by Crippen LogP contribution is -2.37. The molecule has 1 N–H and O–H groups in total. The van der Waals surface area contributed by atoms with Crippen molar-refractivity contribution in [3.8, 4) is 0 Å². The van der Waals surface area contributed by atoms with Gasteiger partial charge in [0.15, 0.2) is 0 Å². The zero-order valence-electron chi connectivity index (χ0n) is 7.83. The molecule has 0 atom stereocenters. The minimum absolute atomic E-state index is 0.198. The first-order chi connectivity index (χ1) is 7.21. The second kappa shape index (κ2) is 4.76. The molecule has 16 heavy (non-hydrogen) atoms. The molecule has 1 aromatic carbocycles. The van der Waals surface area contributed by atoms with Gasteiger partial charge in [0.25, 0.3) is 0 Å². The molecule has 1 rings (SSSR count). The highest BCUT2D eigenvalue weighted by molar-refractivity contribution is 9.10. The molecule has 0 spiro atoms. The quantitative estimate of drug-likeness (QED) is 0.865. The standard InChI is InChI=1S/C7H7BBrF3NO2S/c9-6-1-3-7(4-2-6)16(14,15)13-5-8(10,11)12/h1-4,13H,5H2/q-1. The summed E-state index contributed by atoms with van der Waals surface area (Å²) in [4.78, 5) is -0.198. The fourth-order valence-corrected chi connectivity index (χ4v) is 2.24. The van der Waals surface area contributed by atoms with E-state index in [1.807, 2.05) is 0 Å². The van der Waals surface area contributed by atoms with Gasteiger partial charge in [-0.1, -0.05) is 15.9 Å². The van der Waals surface area contributed by atoms with Gasteiger partial charge >= 0.3 is 6.98 Å². The van der Waals surface area contributed by atoms with Crippen molar-refractivity contribution in [2.45, 2.75) is 4.90 Å². The van der Waals surface area contributed by atoms with E-state index in [1.165, 1.54) is 29.0 Å². The van der Waals surface area contributed by atoms with Crippen LogP contribution in [0.5, 0.6) is 0 Å². The summed E-state index contributed by atoms with van der Waals surface area (Å²) in [6, 6.07) is 5.31. The molecule has 90 valence electrons. The summed E-state index contributed by atoms with van der Waals surface area (Å²) in [5, 5.41) is 0. The van der Waals surface area contributed by atoms with E-state index in [4.69, 9.17) is 0 Å². The molecule has 0 saturated carbocycles. The molecule has 0 heterocycles. The van der Waals surface area contributed by atoms with Crippen molar-refractivity contribution >= 4 is 32.9 Å². The van der Waals surface area contributed by atoms with Gasteiger partial charge in [0.05, 0.1) is 4.90 Å². The van der Waals surface area contributed by atoms with Crippen LogP contribution in [-0.4, -0.2) is 21.8 Å². The summed E-state index contributed by atoms with van der Waals surface area (Å²) in [6.07, 6.45) is -1.52. The van der Waals surface area contributed by atoms with Crippen LogP contribution in [0.15, 0.2) is 33.6 Å². The van der Waals surface area contributed by atoms with E-state index in [9.17, 15) is 21.4 Å². The predicted molar refractivity (Wildman–Crippen MR) is 58.4 cm³/mol. The van der Waals surface area contributed by atoms with Gasteiger partial charge in [-0.25, -0.2) is 13.1 Å². The Hall–Kier alpha value is -0.535. The van der Waals surface area contributed by atoms with Crippen molar-refractivity contribution in [2.24, 2.45) is 0 Å². The van der Waals surface area contributed by atoms with Gasteiger partial charge in [-0.2, -0.15) is 0 Å². The highest BCUT2D eigenvalue weighted by Crippen LogP contribution is 2.15. The van der Waals surface area contributed by atoms with Gasteiger partial charge in [0.2, 0.25) is 10.0 Å². The molecule has 0 unspecified atom stereocenters. The van der Waals surface area contributed by atoms with Crippen LogP contribution in [0, 0.1) is 0 Å². The minimum Gasteiger partial charge on any atom is -0.448 e. The number of halogens is 4. The Bertz CT molecular complexity index is 460. The normalized spacial score (nSPS) is 12.8. The molecule has 9 heteroatoms. The fraction of sp³-hybridized carbons (Fsp3) is 0.143. The van der Waals surface area contributed by atoms with Crippen molar-refractivity contribution < 1.29 is 21.4 Å².